The monoisotopic (exact) mass is 402 g/mol. The molecule has 3 rings (SSSR count). The highest BCUT2D eigenvalue weighted by molar-refractivity contribution is 5.97. The Labute approximate surface area is 169 Å². The van der Waals surface area contributed by atoms with Gasteiger partial charge in [-0.15, -0.1) is 0 Å². The van der Waals surface area contributed by atoms with E-state index in [2.05, 4.69) is 19.2 Å². The average molecular weight is 402 g/mol. The van der Waals surface area contributed by atoms with Crippen LogP contribution in [0.1, 0.15) is 37.3 Å². The Morgan fingerprint density at radius 3 is 2.59 bits per heavy atom. The number of carbonyl (C=O) groups excluding carboxylic acids is 1. The Morgan fingerprint density at radius 2 is 1.97 bits per heavy atom. The van der Waals surface area contributed by atoms with E-state index in [0.29, 0.717) is 31.1 Å². The van der Waals surface area contributed by atoms with Crippen LogP contribution in [0.5, 0.6) is 0 Å². The summed E-state index contributed by atoms with van der Waals surface area (Å²) < 4.78 is 5.43. The molecule has 2 heterocycles. The second kappa shape index (κ2) is 8.67. The number of aliphatic hydroxyl groups is 2. The second-order valence-corrected chi connectivity index (χ2v) is 7.46. The second-order valence-electron chi connectivity index (χ2n) is 7.46. The van der Waals surface area contributed by atoms with Gasteiger partial charge in [0, 0.05) is 24.2 Å². The number of hydrogen-bond donors (Lipinski definition) is 4. The molecule has 1 unspecified atom stereocenters. The molecular weight excluding hydrogens is 376 g/mol. The van der Waals surface area contributed by atoms with E-state index >= 15 is 0 Å². The lowest BCUT2D eigenvalue weighted by molar-refractivity contribution is -0.137. The van der Waals surface area contributed by atoms with Gasteiger partial charge in [-0.05, 0) is 17.0 Å². The summed E-state index contributed by atoms with van der Waals surface area (Å²) in [6.45, 7) is 4.51. The number of benzene rings is 1. The van der Waals surface area contributed by atoms with E-state index in [9.17, 15) is 19.8 Å². The van der Waals surface area contributed by atoms with Gasteiger partial charge in [-0.2, -0.15) is 0 Å². The van der Waals surface area contributed by atoms with E-state index in [-0.39, 0.29) is 17.9 Å². The molecule has 0 aliphatic carbocycles. The van der Waals surface area contributed by atoms with Crippen molar-refractivity contribution in [2.45, 2.75) is 39.0 Å². The summed E-state index contributed by atoms with van der Waals surface area (Å²) in [7, 11) is 0. The van der Waals surface area contributed by atoms with Gasteiger partial charge in [0.25, 0.3) is 5.91 Å². The minimum atomic E-state index is -1.40. The van der Waals surface area contributed by atoms with Gasteiger partial charge < -0.3 is 30.3 Å². The predicted molar refractivity (Wildman–Crippen MR) is 105 cm³/mol. The van der Waals surface area contributed by atoms with Crippen LogP contribution >= 0.6 is 0 Å². The van der Waals surface area contributed by atoms with Crippen LogP contribution in [0.15, 0.2) is 46.9 Å². The minimum absolute atomic E-state index is 0.117. The molecule has 1 amide bonds. The smallest absolute Gasteiger partial charge is 0.322 e. The summed E-state index contributed by atoms with van der Waals surface area (Å²) in [6.07, 6.45) is -0.907. The van der Waals surface area contributed by atoms with Gasteiger partial charge >= 0.3 is 5.97 Å². The SMILES string of the molecule is CC(C)c1ccc(CN2C3=C(COCC3)C(O)=C(C(=O)NCC(=O)O)C2O)cc1. The Hall–Kier alpha value is -2.84. The molecule has 156 valence electrons. The lowest BCUT2D eigenvalue weighted by Gasteiger charge is -2.40. The van der Waals surface area contributed by atoms with Crippen LogP contribution in [0, 0.1) is 0 Å². The van der Waals surface area contributed by atoms with E-state index in [1.165, 1.54) is 5.56 Å². The molecule has 0 radical (unpaired) electrons. The van der Waals surface area contributed by atoms with Crippen LogP contribution in [0.3, 0.4) is 0 Å². The summed E-state index contributed by atoms with van der Waals surface area (Å²) >= 11 is 0. The Kier molecular flexibility index (Phi) is 6.24. The zero-order valence-corrected chi connectivity index (χ0v) is 16.5. The summed E-state index contributed by atoms with van der Waals surface area (Å²) in [4.78, 5) is 24.9. The fraction of sp³-hybridized carbons (Fsp3) is 0.429. The van der Waals surface area contributed by atoms with Crippen molar-refractivity contribution >= 4 is 11.9 Å². The van der Waals surface area contributed by atoms with Crippen LogP contribution in [0.4, 0.5) is 0 Å². The van der Waals surface area contributed by atoms with Crippen LogP contribution < -0.4 is 5.32 Å². The van der Waals surface area contributed by atoms with Crippen molar-refractivity contribution in [3.8, 4) is 0 Å². The molecule has 8 heteroatoms. The zero-order valence-electron chi connectivity index (χ0n) is 16.5. The molecule has 2 aliphatic rings. The number of hydrogen-bond acceptors (Lipinski definition) is 6. The molecule has 0 saturated carbocycles. The Balaban J connectivity index is 1.91. The summed E-state index contributed by atoms with van der Waals surface area (Å²) in [6, 6.07) is 8.01. The quantitative estimate of drug-likeness (QED) is 0.571. The normalized spacial score (nSPS) is 19.4. The Morgan fingerprint density at radius 1 is 1.28 bits per heavy atom. The third-order valence-electron chi connectivity index (χ3n) is 5.16. The number of carboxylic acids is 1. The molecule has 1 atom stereocenters. The highest BCUT2D eigenvalue weighted by Gasteiger charge is 2.38. The van der Waals surface area contributed by atoms with Gasteiger partial charge in [0.15, 0.2) is 6.23 Å². The van der Waals surface area contributed by atoms with Crippen molar-refractivity contribution in [2.24, 2.45) is 0 Å². The molecule has 0 spiro atoms. The maximum atomic E-state index is 12.5. The van der Waals surface area contributed by atoms with Crippen LogP contribution in [-0.2, 0) is 20.9 Å². The van der Waals surface area contributed by atoms with Crippen molar-refractivity contribution in [1.29, 1.82) is 0 Å². The predicted octanol–water partition coefficient (Wildman–Crippen LogP) is 1.63. The number of nitrogens with one attached hydrogen (secondary N) is 1. The Bertz CT molecular complexity index is 856. The number of aliphatic carboxylic acids is 1. The van der Waals surface area contributed by atoms with E-state index in [1.54, 1.807) is 4.90 Å². The minimum Gasteiger partial charge on any atom is -0.507 e. The number of rotatable bonds is 6. The third-order valence-corrected chi connectivity index (χ3v) is 5.16. The standard InChI is InChI=1S/C21H26N2O6/c1-12(2)14-5-3-13(4-6-14)10-23-16-7-8-29-11-15(16)19(26)18(21(23)28)20(27)22-9-17(24)25/h3-6,12,21,26,28H,7-11H2,1-2H3,(H,22,27)(H,24,25). The molecule has 0 saturated heterocycles. The van der Waals surface area contributed by atoms with Crippen LogP contribution in [0.25, 0.3) is 0 Å². The highest BCUT2D eigenvalue weighted by atomic mass is 16.5. The molecule has 1 aromatic carbocycles. The number of amides is 1. The van der Waals surface area contributed by atoms with Crippen molar-refractivity contribution in [3.63, 3.8) is 0 Å². The summed E-state index contributed by atoms with van der Waals surface area (Å²) in [5, 5.41) is 32.5. The third kappa shape index (κ3) is 4.44. The first-order chi connectivity index (χ1) is 13.8. The van der Waals surface area contributed by atoms with E-state index < -0.39 is 24.6 Å². The van der Waals surface area contributed by atoms with Crippen molar-refractivity contribution in [3.05, 3.63) is 58.0 Å². The van der Waals surface area contributed by atoms with Crippen molar-refractivity contribution in [1.82, 2.24) is 10.2 Å². The largest absolute Gasteiger partial charge is 0.507 e. The van der Waals surface area contributed by atoms with Gasteiger partial charge in [0.05, 0.1) is 13.2 Å². The number of carboxylic acid groups (broad SMARTS) is 1. The van der Waals surface area contributed by atoms with Gasteiger partial charge in [-0.25, -0.2) is 0 Å². The van der Waals surface area contributed by atoms with Crippen molar-refractivity contribution < 1.29 is 29.6 Å². The number of ether oxygens (including phenoxy) is 1. The first-order valence-corrected chi connectivity index (χ1v) is 9.56. The molecule has 0 fully saturated rings. The molecule has 0 bridgehead atoms. The fourth-order valence-corrected chi connectivity index (χ4v) is 3.55. The highest BCUT2D eigenvalue weighted by Crippen LogP contribution is 2.35. The molecule has 1 aromatic rings. The molecule has 8 nitrogen and oxygen atoms in total. The van der Waals surface area contributed by atoms with E-state index in [1.807, 2.05) is 24.3 Å². The number of aliphatic hydroxyl groups excluding tert-OH is 2. The molecule has 2 aliphatic heterocycles. The van der Waals surface area contributed by atoms with E-state index in [4.69, 9.17) is 9.84 Å². The maximum Gasteiger partial charge on any atom is 0.322 e. The molecular formula is C21H26N2O6. The van der Waals surface area contributed by atoms with Crippen LogP contribution in [-0.4, -0.2) is 58.1 Å². The lowest BCUT2D eigenvalue weighted by Crippen LogP contribution is -2.46. The fourth-order valence-electron chi connectivity index (χ4n) is 3.55. The van der Waals surface area contributed by atoms with Gasteiger partial charge in [0.2, 0.25) is 0 Å². The zero-order chi connectivity index (χ0) is 21.1. The number of carbonyl (C=O) groups is 2. The average Bonchev–Trinajstić information content (AvgIpc) is 2.70. The number of nitrogens with zero attached hydrogens (tertiary/aromatic N) is 1. The molecule has 29 heavy (non-hydrogen) atoms. The van der Waals surface area contributed by atoms with Gasteiger partial charge in [-0.3, -0.25) is 9.59 Å². The van der Waals surface area contributed by atoms with Crippen molar-refractivity contribution in [2.75, 3.05) is 19.8 Å². The van der Waals surface area contributed by atoms with E-state index in [0.717, 1.165) is 11.3 Å². The van der Waals surface area contributed by atoms with Crippen LogP contribution in [0.2, 0.25) is 0 Å². The maximum absolute atomic E-state index is 12.5. The molecule has 0 aromatic heterocycles. The van der Waals surface area contributed by atoms with Gasteiger partial charge in [-0.1, -0.05) is 38.1 Å². The lowest BCUT2D eigenvalue weighted by atomic mass is 9.95. The summed E-state index contributed by atoms with van der Waals surface area (Å²) in [5.74, 6) is -1.98. The van der Waals surface area contributed by atoms with Gasteiger partial charge in [0.1, 0.15) is 17.9 Å². The first-order valence-electron chi connectivity index (χ1n) is 9.56. The summed E-state index contributed by atoms with van der Waals surface area (Å²) in [5.41, 5.74) is 3.04. The first kappa shape index (κ1) is 20.9. The topological polar surface area (TPSA) is 119 Å². The molecule has 4 N–H and O–H groups in total.